The first-order chi connectivity index (χ1) is 20.2. The molecule has 222 valence electrons. The maximum atomic E-state index is 16.4. The van der Waals surface area contributed by atoms with Crippen LogP contribution in [0.5, 0.6) is 11.6 Å². The van der Waals surface area contributed by atoms with Crippen LogP contribution in [0.3, 0.4) is 0 Å². The van der Waals surface area contributed by atoms with E-state index in [4.69, 9.17) is 9.47 Å². The number of fused-ring (bicyclic) bond motifs is 1. The topological polar surface area (TPSA) is 93.9 Å². The summed E-state index contributed by atoms with van der Waals surface area (Å²) >= 11 is 0. The second-order valence-electron chi connectivity index (χ2n) is 9.44. The fourth-order valence-corrected chi connectivity index (χ4v) is 5.00. The number of pyridine rings is 2. The minimum absolute atomic E-state index is 0.0536. The van der Waals surface area contributed by atoms with Gasteiger partial charge >= 0.3 is 5.97 Å². The van der Waals surface area contributed by atoms with Gasteiger partial charge < -0.3 is 24.0 Å². The van der Waals surface area contributed by atoms with Crippen molar-refractivity contribution in [1.29, 1.82) is 0 Å². The van der Waals surface area contributed by atoms with Gasteiger partial charge in [0.2, 0.25) is 11.3 Å². The lowest BCUT2D eigenvalue weighted by molar-refractivity contribution is 0.0524. The number of carbonyl (C=O) groups excluding carboxylic acids is 1. The molecule has 0 spiro atoms. The van der Waals surface area contributed by atoms with E-state index in [2.05, 4.69) is 4.98 Å². The number of aromatic hydroxyl groups is 1. The number of phenolic OH excluding ortho intramolecular Hbond substituents is 1. The van der Waals surface area contributed by atoms with Crippen LogP contribution in [-0.4, -0.2) is 46.4 Å². The Morgan fingerprint density at radius 1 is 1.14 bits per heavy atom. The zero-order chi connectivity index (χ0) is 30.6. The molecule has 1 atom stereocenters. The van der Waals surface area contributed by atoms with Crippen molar-refractivity contribution in [3.05, 3.63) is 87.6 Å². The van der Waals surface area contributed by atoms with Gasteiger partial charge in [-0.25, -0.2) is 22.9 Å². The number of halogens is 3. The van der Waals surface area contributed by atoms with E-state index < -0.39 is 57.0 Å². The number of aryl methyl sites for hydroxylation is 1. The first kappa shape index (κ1) is 30.4. The molecule has 0 aliphatic carbocycles. The number of phenols is 1. The third-order valence-corrected chi connectivity index (χ3v) is 6.88. The predicted octanol–water partition coefficient (Wildman–Crippen LogP) is 6.07. The van der Waals surface area contributed by atoms with Crippen LogP contribution >= 0.6 is 0 Å². The fourth-order valence-electron chi connectivity index (χ4n) is 5.00. The molecule has 0 radical (unpaired) electrons. The van der Waals surface area contributed by atoms with Crippen molar-refractivity contribution in [2.45, 2.75) is 46.6 Å². The van der Waals surface area contributed by atoms with Crippen LogP contribution in [0.2, 0.25) is 0 Å². The standard InChI is InChI=1S/C29H26F3N3O5.C2H6/c1-3-39-29(38)20-14-35(23-9-8-18(36)12-21(23)30)25-19(27(20)37)13-22(31)26(24(25)32)34-11-5-7-17(34)15-40-28-16(2)6-4-10-33-28;1-2/h4,6,8-10,12-14,17,36H,3,5,7,11,15H2,1-2H3;1-2H3. The fraction of sp³-hybridized carbons (Fsp3) is 0.323. The summed E-state index contributed by atoms with van der Waals surface area (Å²) in [6.07, 6.45) is 3.78. The monoisotopic (exact) mass is 583 g/mol. The lowest BCUT2D eigenvalue weighted by atomic mass is 10.1. The summed E-state index contributed by atoms with van der Waals surface area (Å²) in [5, 5.41) is 9.23. The highest BCUT2D eigenvalue weighted by Gasteiger charge is 2.33. The van der Waals surface area contributed by atoms with Gasteiger partial charge in [-0.05, 0) is 51.0 Å². The Kier molecular flexibility index (Phi) is 9.39. The molecule has 8 nitrogen and oxygen atoms in total. The van der Waals surface area contributed by atoms with E-state index in [-0.39, 0.29) is 24.7 Å². The zero-order valence-corrected chi connectivity index (χ0v) is 23.8. The van der Waals surface area contributed by atoms with Gasteiger partial charge in [-0.3, -0.25) is 4.79 Å². The summed E-state index contributed by atoms with van der Waals surface area (Å²) in [7, 11) is 0. The molecular formula is C31H32F3N3O5. The Labute approximate surface area is 240 Å². The van der Waals surface area contributed by atoms with Crippen LogP contribution in [0.25, 0.3) is 16.6 Å². The van der Waals surface area contributed by atoms with E-state index in [9.17, 15) is 14.7 Å². The van der Waals surface area contributed by atoms with E-state index in [0.717, 1.165) is 34.5 Å². The van der Waals surface area contributed by atoms with Crippen LogP contribution in [0.4, 0.5) is 18.9 Å². The smallest absolute Gasteiger partial charge is 0.343 e. The van der Waals surface area contributed by atoms with Crippen LogP contribution in [0.15, 0.2) is 53.6 Å². The molecule has 5 rings (SSSR count). The Morgan fingerprint density at radius 3 is 2.60 bits per heavy atom. The van der Waals surface area contributed by atoms with E-state index in [0.29, 0.717) is 25.3 Å². The normalized spacial score (nSPS) is 14.5. The minimum Gasteiger partial charge on any atom is -0.508 e. The summed E-state index contributed by atoms with van der Waals surface area (Å²) in [6.45, 7) is 7.74. The summed E-state index contributed by atoms with van der Waals surface area (Å²) in [5.41, 5.74) is -1.75. The van der Waals surface area contributed by atoms with Gasteiger partial charge in [0.25, 0.3) is 0 Å². The number of hydrogen-bond acceptors (Lipinski definition) is 7. The average Bonchev–Trinajstić information content (AvgIpc) is 3.42. The third kappa shape index (κ3) is 5.77. The van der Waals surface area contributed by atoms with E-state index in [1.165, 1.54) is 17.9 Å². The SMILES string of the molecule is CC.CCOC(=O)c1cn(-c2ccc(O)cc2F)c2c(F)c(N3CCCC3COc3ncccc3C)c(F)cc2c1=O. The number of esters is 1. The molecule has 1 N–H and O–H groups in total. The molecule has 1 aliphatic rings. The number of aromatic nitrogens is 2. The molecule has 3 heterocycles. The summed E-state index contributed by atoms with van der Waals surface area (Å²) in [6, 6.07) is 7.19. The zero-order valence-electron chi connectivity index (χ0n) is 23.8. The van der Waals surface area contributed by atoms with Crippen molar-refractivity contribution in [2.75, 3.05) is 24.7 Å². The van der Waals surface area contributed by atoms with Crippen LogP contribution in [0, 0.1) is 24.4 Å². The summed E-state index contributed by atoms with van der Waals surface area (Å²) in [4.78, 5) is 31.5. The average molecular weight is 584 g/mol. The molecular weight excluding hydrogens is 551 g/mol. The molecule has 1 saturated heterocycles. The molecule has 1 unspecified atom stereocenters. The van der Waals surface area contributed by atoms with Crippen molar-refractivity contribution >= 4 is 22.6 Å². The molecule has 42 heavy (non-hydrogen) atoms. The van der Waals surface area contributed by atoms with Gasteiger partial charge in [-0.1, -0.05) is 19.9 Å². The first-order valence-corrected chi connectivity index (χ1v) is 13.8. The maximum absolute atomic E-state index is 16.4. The van der Waals surface area contributed by atoms with Gasteiger partial charge in [0.15, 0.2) is 11.6 Å². The Hall–Kier alpha value is -4.54. The molecule has 2 aromatic heterocycles. The van der Waals surface area contributed by atoms with Gasteiger partial charge in [0, 0.05) is 30.6 Å². The van der Waals surface area contributed by atoms with Crippen LogP contribution in [0.1, 0.15) is 49.5 Å². The second kappa shape index (κ2) is 13.0. The Bertz CT molecular complexity index is 1670. The highest BCUT2D eigenvalue weighted by Crippen LogP contribution is 2.36. The summed E-state index contributed by atoms with van der Waals surface area (Å²) < 4.78 is 58.9. The lowest BCUT2D eigenvalue weighted by Crippen LogP contribution is -2.36. The Morgan fingerprint density at radius 2 is 1.90 bits per heavy atom. The number of hydrogen-bond donors (Lipinski definition) is 1. The highest BCUT2D eigenvalue weighted by atomic mass is 19.1. The van der Waals surface area contributed by atoms with E-state index in [1.807, 2.05) is 26.8 Å². The Balaban J connectivity index is 0.00000198. The van der Waals surface area contributed by atoms with Gasteiger partial charge in [-0.15, -0.1) is 0 Å². The molecule has 2 aromatic carbocycles. The van der Waals surface area contributed by atoms with E-state index in [1.54, 1.807) is 12.3 Å². The van der Waals surface area contributed by atoms with Gasteiger partial charge in [0.1, 0.15) is 29.4 Å². The highest BCUT2D eigenvalue weighted by molar-refractivity contribution is 5.95. The lowest BCUT2D eigenvalue weighted by Gasteiger charge is -2.28. The molecule has 4 aromatic rings. The number of ether oxygens (including phenoxy) is 2. The largest absolute Gasteiger partial charge is 0.508 e. The van der Waals surface area contributed by atoms with Gasteiger partial charge in [-0.2, -0.15) is 0 Å². The number of benzene rings is 2. The predicted molar refractivity (Wildman–Crippen MR) is 153 cm³/mol. The maximum Gasteiger partial charge on any atom is 0.343 e. The number of rotatable bonds is 7. The van der Waals surface area contributed by atoms with Crippen molar-refractivity contribution in [3.8, 4) is 17.3 Å². The van der Waals surface area contributed by atoms with Crippen molar-refractivity contribution in [1.82, 2.24) is 9.55 Å². The minimum atomic E-state index is -1.10. The molecule has 0 saturated carbocycles. The quantitative estimate of drug-likeness (QED) is 0.264. The van der Waals surface area contributed by atoms with Gasteiger partial charge in [0.05, 0.1) is 29.2 Å². The molecule has 1 aliphatic heterocycles. The van der Waals surface area contributed by atoms with Crippen molar-refractivity contribution in [3.63, 3.8) is 0 Å². The van der Waals surface area contributed by atoms with E-state index >= 15 is 13.2 Å². The summed E-state index contributed by atoms with van der Waals surface area (Å²) in [5.74, 6) is -4.06. The molecule has 1 fully saturated rings. The van der Waals surface area contributed by atoms with Crippen LogP contribution < -0.4 is 15.1 Å². The molecule has 0 bridgehead atoms. The number of anilines is 1. The van der Waals surface area contributed by atoms with Crippen molar-refractivity contribution < 1.29 is 32.5 Å². The second-order valence-corrected chi connectivity index (χ2v) is 9.44. The third-order valence-electron chi connectivity index (χ3n) is 6.88. The molecule has 11 heteroatoms. The van der Waals surface area contributed by atoms with Crippen molar-refractivity contribution in [2.24, 2.45) is 0 Å². The van der Waals surface area contributed by atoms with Crippen LogP contribution in [-0.2, 0) is 4.74 Å². The number of carbonyl (C=O) groups is 1. The first-order valence-electron chi connectivity index (χ1n) is 13.8. The number of nitrogens with zero attached hydrogens (tertiary/aromatic N) is 3. The molecule has 0 amide bonds.